The van der Waals surface area contributed by atoms with Gasteiger partial charge in [0.05, 0.1) is 16.8 Å². The minimum absolute atomic E-state index is 0.116. The standard InChI is InChI=1S/C18H15BrFN5O/c1-11-22-23-24-25(11)14-6-7-15(20)16(10-14)21-17(26)18(8-9-18)12-2-4-13(19)5-3-12/h2-7,10H,8-9H2,1H3,(H,21,26). The molecular formula is C18H15BrFN5O. The van der Waals surface area contributed by atoms with E-state index in [1.54, 1.807) is 13.0 Å². The molecule has 1 heterocycles. The van der Waals surface area contributed by atoms with Crippen LogP contribution in [0, 0.1) is 12.7 Å². The van der Waals surface area contributed by atoms with Crippen LogP contribution in [0.4, 0.5) is 10.1 Å². The molecule has 1 fully saturated rings. The monoisotopic (exact) mass is 415 g/mol. The molecule has 1 aromatic heterocycles. The summed E-state index contributed by atoms with van der Waals surface area (Å²) in [5.41, 5.74) is 1.04. The Labute approximate surface area is 157 Å². The van der Waals surface area contributed by atoms with E-state index in [2.05, 4.69) is 36.8 Å². The van der Waals surface area contributed by atoms with Crippen LogP contribution in [0.15, 0.2) is 46.9 Å². The number of carbonyl (C=O) groups is 1. The molecule has 0 spiro atoms. The highest BCUT2D eigenvalue weighted by molar-refractivity contribution is 9.10. The summed E-state index contributed by atoms with van der Waals surface area (Å²) in [6.07, 6.45) is 1.49. The topological polar surface area (TPSA) is 72.7 Å². The zero-order chi connectivity index (χ0) is 18.3. The highest BCUT2D eigenvalue weighted by Crippen LogP contribution is 2.49. The second-order valence-corrected chi connectivity index (χ2v) is 7.26. The molecule has 1 aliphatic rings. The molecule has 26 heavy (non-hydrogen) atoms. The number of carbonyl (C=O) groups excluding carboxylic acids is 1. The van der Waals surface area contributed by atoms with Crippen LogP contribution >= 0.6 is 15.9 Å². The molecule has 0 bridgehead atoms. The molecule has 1 aliphatic carbocycles. The minimum Gasteiger partial charge on any atom is -0.323 e. The lowest BCUT2D eigenvalue weighted by Gasteiger charge is -2.17. The molecule has 132 valence electrons. The van der Waals surface area contributed by atoms with Gasteiger partial charge in [0.15, 0.2) is 5.82 Å². The first kappa shape index (κ1) is 16.8. The Bertz CT molecular complexity index is 982. The molecular weight excluding hydrogens is 401 g/mol. The lowest BCUT2D eigenvalue weighted by molar-refractivity contribution is -0.118. The van der Waals surface area contributed by atoms with E-state index < -0.39 is 11.2 Å². The molecule has 0 radical (unpaired) electrons. The number of amides is 1. The quantitative estimate of drug-likeness (QED) is 0.706. The van der Waals surface area contributed by atoms with E-state index in [-0.39, 0.29) is 11.6 Å². The Hall–Kier alpha value is -2.61. The van der Waals surface area contributed by atoms with E-state index >= 15 is 0 Å². The van der Waals surface area contributed by atoms with Crippen molar-refractivity contribution in [2.75, 3.05) is 5.32 Å². The number of halogens is 2. The molecule has 6 nitrogen and oxygen atoms in total. The highest BCUT2D eigenvalue weighted by atomic mass is 79.9. The predicted octanol–water partition coefficient (Wildman–Crippen LogP) is 3.54. The molecule has 3 aromatic rings. The van der Waals surface area contributed by atoms with Crippen LogP contribution in [-0.4, -0.2) is 26.1 Å². The van der Waals surface area contributed by atoms with E-state index in [0.29, 0.717) is 11.5 Å². The third kappa shape index (κ3) is 2.90. The molecule has 0 unspecified atom stereocenters. The average Bonchev–Trinajstić information content (AvgIpc) is 3.33. The zero-order valence-corrected chi connectivity index (χ0v) is 15.5. The van der Waals surface area contributed by atoms with E-state index in [1.165, 1.54) is 16.8 Å². The van der Waals surface area contributed by atoms with Gasteiger partial charge in [-0.15, -0.1) is 5.10 Å². The Kier molecular flexibility index (Phi) is 4.07. The first-order chi connectivity index (χ1) is 12.5. The Morgan fingerprint density at radius 3 is 2.58 bits per heavy atom. The molecule has 0 aliphatic heterocycles. The zero-order valence-electron chi connectivity index (χ0n) is 13.9. The van der Waals surface area contributed by atoms with Crippen molar-refractivity contribution in [2.24, 2.45) is 0 Å². The van der Waals surface area contributed by atoms with Crippen molar-refractivity contribution in [1.29, 1.82) is 0 Å². The summed E-state index contributed by atoms with van der Waals surface area (Å²) in [7, 11) is 0. The van der Waals surface area contributed by atoms with E-state index in [9.17, 15) is 9.18 Å². The molecule has 1 N–H and O–H groups in total. The van der Waals surface area contributed by atoms with Crippen LogP contribution in [-0.2, 0) is 10.2 Å². The Morgan fingerprint density at radius 2 is 1.96 bits per heavy atom. The van der Waals surface area contributed by atoms with Crippen LogP contribution in [0.2, 0.25) is 0 Å². The maximum atomic E-state index is 14.3. The third-order valence-corrected chi connectivity index (χ3v) is 5.18. The largest absolute Gasteiger partial charge is 0.323 e. The van der Waals surface area contributed by atoms with Crippen LogP contribution in [0.5, 0.6) is 0 Å². The molecule has 1 amide bonds. The number of nitrogens with zero attached hydrogens (tertiary/aromatic N) is 4. The maximum absolute atomic E-state index is 14.3. The van der Waals surface area contributed by atoms with Crippen molar-refractivity contribution in [3.8, 4) is 5.69 Å². The third-order valence-electron chi connectivity index (χ3n) is 4.65. The highest BCUT2D eigenvalue weighted by Gasteiger charge is 2.51. The van der Waals surface area contributed by atoms with Crippen molar-refractivity contribution in [2.45, 2.75) is 25.2 Å². The van der Waals surface area contributed by atoms with Crippen LogP contribution < -0.4 is 5.32 Å². The lowest BCUT2D eigenvalue weighted by Crippen LogP contribution is -2.28. The second kappa shape index (κ2) is 6.28. The number of rotatable bonds is 4. The first-order valence-electron chi connectivity index (χ1n) is 8.12. The first-order valence-corrected chi connectivity index (χ1v) is 8.91. The summed E-state index contributed by atoms with van der Waals surface area (Å²) in [6, 6.07) is 12.1. The summed E-state index contributed by atoms with van der Waals surface area (Å²) in [4.78, 5) is 12.9. The van der Waals surface area contributed by atoms with E-state index in [4.69, 9.17) is 0 Å². The summed E-state index contributed by atoms with van der Waals surface area (Å²) in [5, 5.41) is 14.0. The van der Waals surface area contributed by atoms with E-state index in [1.807, 2.05) is 24.3 Å². The van der Waals surface area contributed by atoms with Crippen molar-refractivity contribution in [1.82, 2.24) is 20.2 Å². The normalized spacial score (nSPS) is 14.9. The summed E-state index contributed by atoms with van der Waals surface area (Å²) >= 11 is 3.40. The predicted molar refractivity (Wildman–Crippen MR) is 97.5 cm³/mol. The SMILES string of the molecule is Cc1nnnn1-c1ccc(F)c(NC(=O)C2(c3ccc(Br)cc3)CC2)c1. The van der Waals surface area contributed by atoms with Gasteiger partial charge in [-0.05, 0) is 66.1 Å². The number of aromatic nitrogens is 4. The molecule has 0 saturated heterocycles. The number of aryl methyl sites for hydroxylation is 1. The molecule has 2 aromatic carbocycles. The fourth-order valence-electron chi connectivity index (χ4n) is 2.99. The van der Waals surface area contributed by atoms with Gasteiger partial charge in [-0.25, -0.2) is 4.39 Å². The molecule has 1 saturated carbocycles. The number of nitrogens with one attached hydrogen (secondary N) is 1. The minimum atomic E-state index is -0.589. The van der Waals surface area contributed by atoms with Crippen molar-refractivity contribution in [3.63, 3.8) is 0 Å². The number of anilines is 1. The van der Waals surface area contributed by atoms with Gasteiger partial charge in [-0.1, -0.05) is 28.1 Å². The van der Waals surface area contributed by atoms with Crippen LogP contribution in [0.1, 0.15) is 24.2 Å². The number of benzene rings is 2. The smallest absolute Gasteiger partial charge is 0.235 e. The van der Waals surface area contributed by atoms with Gasteiger partial charge in [0, 0.05) is 4.47 Å². The van der Waals surface area contributed by atoms with Gasteiger partial charge in [0.25, 0.3) is 0 Å². The second-order valence-electron chi connectivity index (χ2n) is 6.35. The number of tetrazole rings is 1. The lowest BCUT2D eigenvalue weighted by atomic mass is 9.95. The molecule has 4 rings (SSSR count). The summed E-state index contributed by atoms with van der Waals surface area (Å²) in [6.45, 7) is 1.74. The average molecular weight is 416 g/mol. The van der Waals surface area contributed by atoms with Gasteiger partial charge in [0.1, 0.15) is 5.82 Å². The fraction of sp³-hybridized carbons (Fsp3) is 0.222. The Balaban J connectivity index is 1.62. The van der Waals surface area contributed by atoms with Crippen LogP contribution in [0.25, 0.3) is 5.69 Å². The maximum Gasteiger partial charge on any atom is 0.235 e. The van der Waals surface area contributed by atoms with Gasteiger partial charge in [0.2, 0.25) is 5.91 Å². The van der Waals surface area contributed by atoms with Gasteiger partial charge in [-0.2, -0.15) is 4.68 Å². The number of hydrogen-bond acceptors (Lipinski definition) is 4. The van der Waals surface area contributed by atoms with Crippen molar-refractivity contribution >= 4 is 27.5 Å². The number of hydrogen-bond donors (Lipinski definition) is 1. The van der Waals surface area contributed by atoms with Gasteiger partial charge in [-0.3, -0.25) is 4.79 Å². The van der Waals surface area contributed by atoms with Gasteiger partial charge >= 0.3 is 0 Å². The Morgan fingerprint density at radius 1 is 1.23 bits per heavy atom. The van der Waals surface area contributed by atoms with Gasteiger partial charge < -0.3 is 5.32 Å². The summed E-state index contributed by atoms with van der Waals surface area (Å²) in [5.74, 6) is -0.133. The van der Waals surface area contributed by atoms with Crippen molar-refractivity contribution in [3.05, 3.63) is 64.1 Å². The van der Waals surface area contributed by atoms with Crippen molar-refractivity contribution < 1.29 is 9.18 Å². The fourth-order valence-corrected chi connectivity index (χ4v) is 3.26. The van der Waals surface area contributed by atoms with E-state index in [0.717, 1.165) is 22.9 Å². The summed E-state index contributed by atoms with van der Waals surface area (Å²) < 4.78 is 16.7. The molecule has 0 atom stereocenters. The molecule has 8 heteroatoms. The van der Waals surface area contributed by atoms with Crippen LogP contribution in [0.3, 0.4) is 0 Å².